The Hall–Kier alpha value is -3.88. The number of H-pyrrole nitrogens is 1. The van der Waals surface area contributed by atoms with Crippen LogP contribution in [-0.2, 0) is 13.1 Å². The van der Waals surface area contributed by atoms with Gasteiger partial charge in [-0.3, -0.25) is 14.9 Å². The van der Waals surface area contributed by atoms with Gasteiger partial charge in [-0.2, -0.15) is 5.10 Å². The molecule has 0 saturated carbocycles. The predicted octanol–water partition coefficient (Wildman–Crippen LogP) is 2.05. The van der Waals surface area contributed by atoms with E-state index >= 15 is 0 Å². The Morgan fingerprint density at radius 2 is 1.74 bits per heavy atom. The molecular weight excluding hydrogens is 394 g/mol. The summed E-state index contributed by atoms with van der Waals surface area (Å²) in [7, 11) is 6.81. The molecule has 1 amide bonds. The first-order valence-corrected chi connectivity index (χ1v) is 9.81. The van der Waals surface area contributed by atoms with E-state index in [2.05, 4.69) is 30.8 Å². The molecule has 0 aliphatic carbocycles. The van der Waals surface area contributed by atoms with Crippen molar-refractivity contribution in [1.82, 2.24) is 30.7 Å². The number of nitrogens with zero attached hydrogens (tertiary/aromatic N) is 4. The van der Waals surface area contributed by atoms with Crippen molar-refractivity contribution in [2.24, 2.45) is 4.99 Å². The molecule has 31 heavy (non-hydrogen) atoms. The summed E-state index contributed by atoms with van der Waals surface area (Å²) in [6.07, 6.45) is 0. The maximum atomic E-state index is 12.0. The van der Waals surface area contributed by atoms with E-state index in [1.54, 1.807) is 33.2 Å². The van der Waals surface area contributed by atoms with E-state index in [1.165, 1.54) is 0 Å². The van der Waals surface area contributed by atoms with Crippen LogP contribution in [0.4, 0.5) is 0 Å². The molecule has 0 saturated heterocycles. The zero-order valence-corrected chi connectivity index (χ0v) is 18.1. The van der Waals surface area contributed by atoms with Crippen molar-refractivity contribution in [2.45, 2.75) is 13.1 Å². The van der Waals surface area contributed by atoms with Gasteiger partial charge < -0.3 is 20.3 Å². The largest absolute Gasteiger partial charge is 0.497 e. The molecule has 0 radical (unpaired) electrons. The molecule has 9 nitrogen and oxygen atoms in total. The van der Waals surface area contributed by atoms with Crippen LogP contribution >= 0.6 is 0 Å². The minimum Gasteiger partial charge on any atom is -0.497 e. The molecule has 1 heterocycles. The van der Waals surface area contributed by atoms with E-state index < -0.39 is 0 Å². The van der Waals surface area contributed by atoms with Gasteiger partial charge in [-0.1, -0.05) is 12.1 Å². The van der Waals surface area contributed by atoms with Crippen LogP contribution in [-0.4, -0.2) is 60.2 Å². The van der Waals surface area contributed by atoms with Crippen LogP contribution in [0.15, 0.2) is 53.5 Å². The number of methoxy groups -OCH3 is 1. The van der Waals surface area contributed by atoms with E-state index in [0.29, 0.717) is 36.3 Å². The molecule has 2 aromatic carbocycles. The molecule has 0 fully saturated rings. The summed E-state index contributed by atoms with van der Waals surface area (Å²) in [6, 6.07) is 15.1. The highest BCUT2D eigenvalue weighted by Crippen LogP contribution is 2.18. The molecule has 0 aliphatic rings. The lowest BCUT2D eigenvalue weighted by atomic mass is 10.1. The van der Waals surface area contributed by atoms with Gasteiger partial charge in [-0.15, -0.1) is 0 Å². The number of carbonyl (C=O) groups excluding carboxylic acids is 1. The van der Waals surface area contributed by atoms with Crippen LogP contribution in [0.3, 0.4) is 0 Å². The maximum Gasteiger partial charge on any atom is 0.253 e. The van der Waals surface area contributed by atoms with Crippen molar-refractivity contribution >= 4 is 11.9 Å². The second-order valence-corrected chi connectivity index (χ2v) is 7.01. The molecule has 0 spiro atoms. The van der Waals surface area contributed by atoms with Crippen LogP contribution < -0.4 is 15.4 Å². The Kier molecular flexibility index (Phi) is 7.21. The third-order valence-corrected chi connectivity index (χ3v) is 4.59. The Morgan fingerprint density at radius 3 is 2.35 bits per heavy atom. The maximum absolute atomic E-state index is 12.0. The molecule has 162 valence electrons. The first-order chi connectivity index (χ1) is 15.0. The molecule has 3 N–H and O–H groups in total. The van der Waals surface area contributed by atoms with Gasteiger partial charge in [0.25, 0.3) is 5.91 Å². The van der Waals surface area contributed by atoms with Crippen molar-refractivity contribution < 1.29 is 9.53 Å². The van der Waals surface area contributed by atoms with Gasteiger partial charge in [0, 0.05) is 38.8 Å². The fourth-order valence-electron chi connectivity index (χ4n) is 2.84. The SMILES string of the molecule is CN=C(NCc1ccc(C(=O)N(C)C)cc1)NCc1nc(-c2ccc(OC)cc2)n[nH]1. The van der Waals surface area contributed by atoms with Crippen molar-refractivity contribution in [3.8, 4) is 17.1 Å². The van der Waals surface area contributed by atoms with Gasteiger partial charge in [0.15, 0.2) is 11.8 Å². The molecule has 3 rings (SSSR count). The molecule has 0 aliphatic heterocycles. The highest BCUT2D eigenvalue weighted by atomic mass is 16.5. The zero-order chi connectivity index (χ0) is 22.2. The second kappa shape index (κ2) is 10.2. The van der Waals surface area contributed by atoms with Crippen LogP contribution in [0.1, 0.15) is 21.7 Å². The summed E-state index contributed by atoms with van der Waals surface area (Å²) < 4.78 is 5.17. The number of nitrogens with one attached hydrogen (secondary N) is 3. The fraction of sp³-hybridized carbons (Fsp3) is 0.273. The van der Waals surface area contributed by atoms with E-state index in [0.717, 1.165) is 16.9 Å². The number of amides is 1. The average molecular weight is 422 g/mol. The van der Waals surface area contributed by atoms with Gasteiger partial charge in [0.05, 0.1) is 13.7 Å². The van der Waals surface area contributed by atoms with Crippen molar-refractivity contribution in [3.63, 3.8) is 0 Å². The smallest absolute Gasteiger partial charge is 0.253 e. The van der Waals surface area contributed by atoms with Crippen LogP contribution in [0.5, 0.6) is 5.75 Å². The highest BCUT2D eigenvalue weighted by Gasteiger charge is 2.09. The van der Waals surface area contributed by atoms with Crippen LogP contribution in [0, 0.1) is 0 Å². The summed E-state index contributed by atoms with van der Waals surface area (Å²) in [5.74, 6) is 2.72. The van der Waals surface area contributed by atoms with E-state index in [4.69, 9.17) is 4.74 Å². The van der Waals surface area contributed by atoms with Crippen molar-refractivity contribution in [2.75, 3.05) is 28.3 Å². The van der Waals surface area contributed by atoms with Gasteiger partial charge in [-0.25, -0.2) is 4.98 Å². The molecule has 1 aromatic heterocycles. The topological polar surface area (TPSA) is 108 Å². The number of aromatic nitrogens is 3. The van der Waals surface area contributed by atoms with Crippen molar-refractivity contribution in [1.29, 1.82) is 0 Å². The predicted molar refractivity (Wildman–Crippen MR) is 120 cm³/mol. The third-order valence-electron chi connectivity index (χ3n) is 4.59. The average Bonchev–Trinajstić information content (AvgIpc) is 3.28. The normalized spacial score (nSPS) is 11.2. The summed E-state index contributed by atoms with van der Waals surface area (Å²) in [5.41, 5.74) is 2.61. The summed E-state index contributed by atoms with van der Waals surface area (Å²) >= 11 is 0. The quantitative estimate of drug-likeness (QED) is 0.398. The molecule has 9 heteroatoms. The van der Waals surface area contributed by atoms with Crippen LogP contribution in [0.25, 0.3) is 11.4 Å². The summed E-state index contributed by atoms with van der Waals surface area (Å²) in [6.45, 7) is 1.02. The Bertz CT molecular complexity index is 1020. The van der Waals surface area contributed by atoms with Gasteiger partial charge >= 0.3 is 0 Å². The molecule has 0 bridgehead atoms. The van der Waals surface area contributed by atoms with Gasteiger partial charge in [-0.05, 0) is 42.0 Å². The minimum atomic E-state index is -0.0157. The van der Waals surface area contributed by atoms with Crippen molar-refractivity contribution in [3.05, 3.63) is 65.5 Å². The number of hydrogen-bond acceptors (Lipinski definition) is 5. The molecule has 3 aromatic rings. The number of guanidine groups is 1. The molecule has 0 atom stereocenters. The molecular formula is C22H27N7O2. The fourth-order valence-corrected chi connectivity index (χ4v) is 2.84. The van der Waals surface area contributed by atoms with Gasteiger partial charge in [0.2, 0.25) is 0 Å². The van der Waals surface area contributed by atoms with Crippen LogP contribution in [0.2, 0.25) is 0 Å². The lowest BCUT2D eigenvalue weighted by molar-refractivity contribution is 0.0827. The lowest BCUT2D eigenvalue weighted by Crippen LogP contribution is -2.36. The number of ether oxygens (including phenoxy) is 1. The summed E-state index contributed by atoms with van der Waals surface area (Å²) in [4.78, 5) is 22.3. The number of benzene rings is 2. The number of carbonyl (C=O) groups is 1. The van der Waals surface area contributed by atoms with Gasteiger partial charge in [0.1, 0.15) is 11.6 Å². The van der Waals surface area contributed by atoms with E-state index in [-0.39, 0.29) is 5.91 Å². The monoisotopic (exact) mass is 421 g/mol. The number of rotatable bonds is 7. The standard InChI is InChI=1S/C22H27N7O2/c1-23-22(24-13-15-5-7-17(8-6-15)21(30)29(2)3)25-14-19-26-20(28-27-19)16-9-11-18(31-4)12-10-16/h5-12H,13-14H2,1-4H3,(H2,23,24,25)(H,26,27,28). The zero-order valence-electron chi connectivity index (χ0n) is 18.1. The summed E-state index contributed by atoms with van der Waals surface area (Å²) in [5, 5.41) is 13.7. The second-order valence-electron chi connectivity index (χ2n) is 7.01. The first-order valence-electron chi connectivity index (χ1n) is 9.81. The Labute approximate surface area is 181 Å². The lowest BCUT2D eigenvalue weighted by Gasteiger charge is -2.12. The number of aromatic amines is 1. The number of aliphatic imine (C=N–C) groups is 1. The minimum absolute atomic E-state index is 0.0157. The van der Waals surface area contributed by atoms with E-state index in [1.807, 2.05) is 48.5 Å². The number of hydrogen-bond donors (Lipinski definition) is 3. The highest BCUT2D eigenvalue weighted by molar-refractivity contribution is 5.93. The first kappa shape index (κ1) is 21.8. The Balaban J connectivity index is 1.51. The third kappa shape index (κ3) is 5.81. The van der Waals surface area contributed by atoms with E-state index in [9.17, 15) is 4.79 Å². The molecule has 0 unspecified atom stereocenters. The Morgan fingerprint density at radius 1 is 1.06 bits per heavy atom.